The number of methoxy groups -OCH3 is 1. The van der Waals surface area contributed by atoms with Crippen molar-refractivity contribution in [3.05, 3.63) is 71.3 Å². The topological polar surface area (TPSA) is 26.3 Å². The van der Waals surface area contributed by atoms with Crippen LogP contribution in [-0.4, -0.2) is 13.1 Å². The molecular weight excluding hydrogens is 212 g/mol. The van der Waals surface area contributed by atoms with Gasteiger partial charge in [-0.15, -0.1) is 0 Å². The SMILES string of the molecule is COC(=O)c1ccccc1Cc1ccccc1. The van der Waals surface area contributed by atoms with E-state index in [1.807, 2.05) is 48.5 Å². The van der Waals surface area contributed by atoms with Crippen LogP contribution >= 0.6 is 0 Å². The van der Waals surface area contributed by atoms with Crippen LogP contribution in [-0.2, 0) is 11.2 Å². The van der Waals surface area contributed by atoms with Crippen LogP contribution in [0, 0.1) is 0 Å². The highest BCUT2D eigenvalue weighted by Gasteiger charge is 2.10. The summed E-state index contributed by atoms with van der Waals surface area (Å²) in [7, 11) is 1.40. The lowest BCUT2D eigenvalue weighted by molar-refractivity contribution is 0.0599. The van der Waals surface area contributed by atoms with E-state index in [0.29, 0.717) is 5.56 Å². The molecule has 86 valence electrons. The van der Waals surface area contributed by atoms with Gasteiger partial charge in [0.2, 0.25) is 0 Å². The fourth-order valence-electron chi connectivity index (χ4n) is 1.80. The van der Waals surface area contributed by atoms with Crippen molar-refractivity contribution >= 4 is 5.97 Å². The van der Waals surface area contributed by atoms with E-state index in [-0.39, 0.29) is 5.97 Å². The van der Waals surface area contributed by atoms with Crippen molar-refractivity contribution in [2.45, 2.75) is 6.42 Å². The molecule has 0 bridgehead atoms. The Morgan fingerprint density at radius 3 is 2.35 bits per heavy atom. The van der Waals surface area contributed by atoms with Gasteiger partial charge in [0.05, 0.1) is 12.7 Å². The molecular formula is C15H14O2. The molecule has 2 heteroatoms. The summed E-state index contributed by atoms with van der Waals surface area (Å²) in [6.07, 6.45) is 0.742. The number of ether oxygens (including phenoxy) is 1. The van der Waals surface area contributed by atoms with Gasteiger partial charge in [0.25, 0.3) is 0 Å². The van der Waals surface area contributed by atoms with Crippen molar-refractivity contribution in [1.29, 1.82) is 0 Å². The highest BCUT2D eigenvalue weighted by atomic mass is 16.5. The summed E-state index contributed by atoms with van der Waals surface area (Å²) in [5, 5.41) is 0. The predicted octanol–water partition coefficient (Wildman–Crippen LogP) is 3.06. The second kappa shape index (κ2) is 5.30. The Morgan fingerprint density at radius 1 is 1.00 bits per heavy atom. The third-order valence-corrected chi connectivity index (χ3v) is 2.66. The van der Waals surface area contributed by atoms with Crippen molar-refractivity contribution in [1.82, 2.24) is 0 Å². The zero-order valence-corrected chi connectivity index (χ0v) is 9.72. The van der Waals surface area contributed by atoms with Crippen LogP contribution in [0.1, 0.15) is 21.5 Å². The molecule has 2 aromatic rings. The van der Waals surface area contributed by atoms with E-state index in [9.17, 15) is 4.79 Å². The normalized spacial score (nSPS) is 9.94. The first-order valence-corrected chi connectivity index (χ1v) is 5.51. The first-order chi connectivity index (χ1) is 8.31. The van der Waals surface area contributed by atoms with Crippen LogP contribution in [0.5, 0.6) is 0 Å². The average molecular weight is 226 g/mol. The second-order valence-electron chi connectivity index (χ2n) is 3.81. The van der Waals surface area contributed by atoms with Crippen LogP contribution in [0.3, 0.4) is 0 Å². The quantitative estimate of drug-likeness (QED) is 0.752. The molecule has 0 heterocycles. The molecule has 0 amide bonds. The fraction of sp³-hybridized carbons (Fsp3) is 0.133. The molecule has 0 aliphatic rings. The molecule has 17 heavy (non-hydrogen) atoms. The maximum absolute atomic E-state index is 11.6. The Kier molecular flexibility index (Phi) is 3.55. The summed E-state index contributed by atoms with van der Waals surface area (Å²) >= 11 is 0. The molecule has 2 aromatic carbocycles. The highest BCUT2D eigenvalue weighted by molar-refractivity contribution is 5.91. The summed E-state index contributed by atoms with van der Waals surface area (Å²) in [6, 6.07) is 17.6. The number of carbonyl (C=O) groups is 1. The Labute approximate surface area is 101 Å². The lowest BCUT2D eigenvalue weighted by atomic mass is 10.00. The van der Waals surface area contributed by atoms with Gasteiger partial charge in [-0.25, -0.2) is 4.79 Å². The Hall–Kier alpha value is -2.09. The van der Waals surface area contributed by atoms with Crippen LogP contribution in [0.15, 0.2) is 54.6 Å². The first-order valence-electron chi connectivity index (χ1n) is 5.51. The minimum atomic E-state index is -0.281. The van der Waals surface area contributed by atoms with Gasteiger partial charge in [-0.3, -0.25) is 0 Å². The lowest BCUT2D eigenvalue weighted by Crippen LogP contribution is -2.05. The molecule has 0 saturated carbocycles. The minimum absolute atomic E-state index is 0.281. The highest BCUT2D eigenvalue weighted by Crippen LogP contribution is 2.15. The number of hydrogen-bond donors (Lipinski definition) is 0. The Bertz CT molecular complexity index is 503. The summed E-state index contributed by atoms with van der Waals surface area (Å²) in [6.45, 7) is 0. The first kappa shape index (κ1) is 11.4. The molecule has 0 fully saturated rings. The van der Waals surface area contributed by atoms with Crippen molar-refractivity contribution < 1.29 is 9.53 Å². The molecule has 0 atom stereocenters. The van der Waals surface area contributed by atoms with Crippen molar-refractivity contribution in [2.75, 3.05) is 7.11 Å². The summed E-state index contributed by atoms with van der Waals surface area (Å²) < 4.78 is 4.78. The molecule has 0 aromatic heterocycles. The Morgan fingerprint density at radius 2 is 1.65 bits per heavy atom. The van der Waals surface area contributed by atoms with Gasteiger partial charge < -0.3 is 4.74 Å². The second-order valence-corrected chi connectivity index (χ2v) is 3.81. The van der Waals surface area contributed by atoms with Gasteiger partial charge in [-0.1, -0.05) is 48.5 Å². The molecule has 2 nitrogen and oxygen atoms in total. The number of carbonyl (C=O) groups excluding carboxylic acids is 1. The number of esters is 1. The largest absolute Gasteiger partial charge is 0.465 e. The number of benzene rings is 2. The van der Waals surface area contributed by atoms with Gasteiger partial charge in [0, 0.05) is 0 Å². The fourth-order valence-corrected chi connectivity index (χ4v) is 1.80. The minimum Gasteiger partial charge on any atom is -0.465 e. The van der Waals surface area contributed by atoms with Crippen LogP contribution in [0.25, 0.3) is 0 Å². The monoisotopic (exact) mass is 226 g/mol. The van der Waals surface area contributed by atoms with Gasteiger partial charge in [0.15, 0.2) is 0 Å². The molecule has 0 radical (unpaired) electrons. The van der Waals surface area contributed by atoms with Crippen LogP contribution in [0.4, 0.5) is 0 Å². The predicted molar refractivity (Wildman–Crippen MR) is 67.0 cm³/mol. The van der Waals surface area contributed by atoms with E-state index < -0.39 is 0 Å². The molecule has 2 rings (SSSR count). The van der Waals surface area contributed by atoms with E-state index in [4.69, 9.17) is 4.74 Å². The smallest absolute Gasteiger partial charge is 0.338 e. The Balaban J connectivity index is 2.30. The van der Waals surface area contributed by atoms with Gasteiger partial charge in [0.1, 0.15) is 0 Å². The van der Waals surface area contributed by atoms with Crippen LogP contribution in [0.2, 0.25) is 0 Å². The van der Waals surface area contributed by atoms with Gasteiger partial charge in [-0.05, 0) is 23.6 Å². The standard InChI is InChI=1S/C15H14O2/c1-17-15(16)14-10-6-5-9-13(14)11-12-7-3-2-4-8-12/h2-10H,11H2,1H3. The van der Waals surface area contributed by atoms with Gasteiger partial charge in [-0.2, -0.15) is 0 Å². The maximum Gasteiger partial charge on any atom is 0.338 e. The zero-order chi connectivity index (χ0) is 12.1. The summed E-state index contributed by atoms with van der Waals surface area (Å²) in [5.74, 6) is -0.281. The van der Waals surface area contributed by atoms with E-state index >= 15 is 0 Å². The van der Waals surface area contributed by atoms with Crippen molar-refractivity contribution in [3.63, 3.8) is 0 Å². The van der Waals surface area contributed by atoms with Crippen molar-refractivity contribution in [3.8, 4) is 0 Å². The van der Waals surface area contributed by atoms with E-state index in [2.05, 4.69) is 0 Å². The third-order valence-electron chi connectivity index (χ3n) is 2.66. The zero-order valence-electron chi connectivity index (χ0n) is 9.72. The van der Waals surface area contributed by atoms with E-state index in [1.54, 1.807) is 6.07 Å². The molecule has 0 aliphatic heterocycles. The maximum atomic E-state index is 11.6. The van der Waals surface area contributed by atoms with Crippen LogP contribution < -0.4 is 0 Å². The molecule has 0 saturated heterocycles. The lowest BCUT2D eigenvalue weighted by Gasteiger charge is -2.07. The van der Waals surface area contributed by atoms with E-state index in [0.717, 1.165) is 12.0 Å². The summed E-state index contributed by atoms with van der Waals surface area (Å²) in [4.78, 5) is 11.6. The molecule has 0 spiro atoms. The van der Waals surface area contributed by atoms with Gasteiger partial charge >= 0.3 is 5.97 Å². The number of rotatable bonds is 3. The third kappa shape index (κ3) is 2.72. The average Bonchev–Trinajstić information content (AvgIpc) is 2.40. The molecule has 0 unspecified atom stereocenters. The van der Waals surface area contributed by atoms with E-state index in [1.165, 1.54) is 12.7 Å². The summed E-state index contributed by atoms with van der Waals surface area (Å²) in [5.41, 5.74) is 2.81. The molecule has 0 aliphatic carbocycles. The van der Waals surface area contributed by atoms with Crippen molar-refractivity contribution in [2.24, 2.45) is 0 Å². The number of hydrogen-bond acceptors (Lipinski definition) is 2. The molecule has 0 N–H and O–H groups in total.